The van der Waals surface area contributed by atoms with Crippen molar-refractivity contribution >= 4 is 28.4 Å². The van der Waals surface area contributed by atoms with Crippen LogP contribution in [0.5, 0.6) is 5.75 Å². The zero-order valence-corrected chi connectivity index (χ0v) is 9.14. The molecular weight excluding hydrogens is 218 g/mol. The number of pyridine rings is 1. The van der Waals surface area contributed by atoms with Crippen LogP contribution in [0.2, 0.25) is 0 Å². The normalized spacial score (nSPS) is 10.9. The van der Waals surface area contributed by atoms with E-state index >= 15 is 0 Å². The zero-order chi connectivity index (χ0) is 11.8. The van der Waals surface area contributed by atoms with Crippen LogP contribution in [0.15, 0.2) is 34.7 Å². The Morgan fingerprint density at radius 2 is 2.18 bits per heavy atom. The highest BCUT2D eigenvalue weighted by molar-refractivity contribution is 6.05. The molecule has 0 aliphatic rings. The molecule has 0 bridgehead atoms. The summed E-state index contributed by atoms with van der Waals surface area (Å²) in [6, 6.07) is 9.12. The van der Waals surface area contributed by atoms with Crippen LogP contribution in [0.4, 0.5) is 0 Å². The van der Waals surface area contributed by atoms with Crippen LogP contribution in [0.3, 0.4) is 0 Å². The van der Waals surface area contributed by atoms with Crippen LogP contribution >= 0.6 is 0 Å². The lowest BCUT2D eigenvalue weighted by atomic mass is 10.2. The molecule has 0 N–H and O–H groups in total. The van der Waals surface area contributed by atoms with Gasteiger partial charge in [0, 0.05) is 11.5 Å². The Balaban J connectivity index is 2.51. The van der Waals surface area contributed by atoms with Crippen molar-refractivity contribution in [3.63, 3.8) is 0 Å². The van der Waals surface area contributed by atoms with Crippen LogP contribution < -0.4 is 4.74 Å². The summed E-state index contributed by atoms with van der Waals surface area (Å²) in [5, 5.41) is 0.879. The molecule has 1 aromatic carbocycles. The standard InChI is InChI=1S/C13H9NO3/c1-16-11-6-8(7-15)14-12-9-4-2-3-5-10(9)17-13(11)12/h2-7H,1H3. The molecule has 2 heterocycles. The Morgan fingerprint density at radius 1 is 1.35 bits per heavy atom. The van der Waals surface area contributed by atoms with Crippen molar-refractivity contribution in [1.82, 2.24) is 4.98 Å². The molecular formula is C13H9NO3. The number of hydrogen-bond donors (Lipinski definition) is 0. The van der Waals surface area contributed by atoms with E-state index in [-0.39, 0.29) is 0 Å². The lowest BCUT2D eigenvalue weighted by molar-refractivity contribution is 0.111. The van der Waals surface area contributed by atoms with E-state index < -0.39 is 0 Å². The number of fused-ring (bicyclic) bond motifs is 3. The molecule has 2 aromatic heterocycles. The third-order valence-electron chi connectivity index (χ3n) is 2.65. The molecule has 0 unspecified atom stereocenters. The average molecular weight is 227 g/mol. The van der Waals surface area contributed by atoms with Crippen molar-refractivity contribution in [1.29, 1.82) is 0 Å². The number of nitrogens with zero attached hydrogens (tertiary/aromatic N) is 1. The van der Waals surface area contributed by atoms with Crippen molar-refractivity contribution in [2.24, 2.45) is 0 Å². The molecule has 3 rings (SSSR count). The highest BCUT2D eigenvalue weighted by atomic mass is 16.5. The highest BCUT2D eigenvalue weighted by Crippen LogP contribution is 2.33. The fraction of sp³-hybridized carbons (Fsp3) is 0.0769. The van der Waals surface area contributed by atoms with E-state index in [4.69, 9.17) is 9.15 Å². The van der Waals surface area contributed by atoms with Gasteiger partial charge in [-0.25, -0.2) is 4.98 Å². The molecule has 0 aliphatic carbocycles. The first-order valence-corrected chi connectivity index (χ1v) is 5.15. The van der Waals surface area contributed by atoms with E-state index in [9.17, 15) is 4.79 Å². The lowest BCUT2D eigenvalue weighted by Crippen LogP contribution is -1.90. The molecule has 0 saturated heterocycles. The predicted molar refractivity (Wildman–Crippen MR) is 63.5 cm³/mol. The second-order valence-corrected chi connectivity index (χ2v) is 3.64. The number of para-hydroxylation sites is 1. The lowest BCUT2D eigenvalue weighted by Gasteiger charge is -2.00. The Morgan fingerprint density at radius 3 is 2.94 bits per heavy atom. The van der Waals surface area contributed by atoms with Gasteiger partial charge < -0.3 is 9.15 Å². The molecule has 0 aliphatic heterocycles. The Labute approximate surface area is 96.8 Å². The van der Waals surface area contributed by atoms with Crippen molar-refractivity contribution in [2.75, 3.05) is 7.11 Å². The quantitative estimate of drug-likeness (QED) is 0.631. The summed E-state index contributed by atoms with van der Waals surface area (Å²) in [5.74, 6) is 0.522. The molecule has 0 spiro atoms. The van der Waals surface area contributed by atoms with Crippen LogP contribution in [0, 0.1) is 0 Å². The molecule has 3 aromatic rings. The highest BCUT2D eigenvalue weighted by Gasteiger charge is 2.13. The maximum Gasteiger partial charge on any atom is 0.195 e. The molecule has 17 heavy (non-hydrogen) atoms. The topological polar surface area (TPSA) is 52.3 Å². The summed E-state index contributed by atoms with van der Waals surface area (Å²) >= 11 is 0. The van der Waals surface area contributed by atoms with Gasteiger partial charge in [0.1, 0.15) is 16.8 Å². The predicted octanol–water partition coefficient (Wildman–Crippen LogP) is 2.80. The average Bonchev–Trinajstić information content (AvgIpc) is 2.76. The van der Waals surface area contributed by atoms with E-state index in [1.54, 1.807) is 6.07 Å². The van der Waals surface area contributed by atoms with Gasteiger partial charge in [0.2, 0.25) is 0 Å². The smallest absolute Gasteiger partial charge is 0.195 e. The number of aldehydes is 1. The number of rotatable bonds is 2. The van der Waals surface area contributed by atoms with Crippen molar-refractivity contribution in [3.05, 3.63) is 36.0 Å². The number of hydrogen-bond acceptors (Lipinski definition) is 4. The van der Waals surface area contributed by atoms with Crippen LogP contribution in [-0.4, -0.2) is 18.4 Å². The van der Waals surface area contributed by atoms with Gasteiger partial charge in [-0.05, 0) is 12.1 Å². The van der Waals surface area contributed by atoms with Gasteiger partial charge >= 0.3 is 0 Å². The molecule has 0 fully saturated rings. The molecule has 84 valence electrons. The summed E-state index contributed by atoms with van der Waals surface area (Å²) in [5.41, 5.74) is 2.29. The maximum atomic E-state index is 10.8. The van der Waals surface area contributed by atoms with E-state index in [1.807, 2.05) is 24.3 Å². The van der Waals surface area contributed by atoms with Gasteiger partial charge in [0.25, 0.3) is 0 Å². The number of ether oxygens (including phenoxy) is 1. The largest absolute Gasteiger partial charge is 0.493 e. The summed E-state index contributed by atoms with van der Waals surface area (Å²) in [4.78, 5) is 15.1. The molecule has 0 saturated carbocycles. The first-order chi connectivity index (χ1) is 8.33. The Kier molecular flexibility index (Phi) is 2.08. The number of carbonyl (C=O) groups is 1. The molecule has 0 radical (unpaired) electrons. The van der Waals surface area contributed by atoms with Crippen molar-refractivity contribution in [3.8, 4) is 5.75 Å². The minimum atomic E-state index is 0.334. The van der Waals surface area contributed by atoms with Gasteiger partial charge in [-0.2, -0.15) is 0 Å². The fourth-order valence-corrected chi connectivity index (χ4v) is 1.88. The first-order valence-electron chi connectivity index (χ1n) is 5.15. The van der Waals surface area contributed by atoms with Crippen LogP contribution in [0.25, 0.3) is 22.1 Å². The van der Waals surface area contributed by atoms with Gasteiger partial charge in [-0.15, -0.1) is 0 Å². The zero-order valence-electron chi connectivity index (χ0n) is 9.14. The number of carbonyl (C=O) groups excluding carboxylic acids is 1. The second kappa shape index (κ2) is 3.59. The summed E-state index contributed by atoms with van der Waals surface area (Å²) in [7, 11) is 1.54. The van der Waals surface area contributed by atoms with E-state index in [0.29, 0.717) is 28.8 Å². The van der Waals surface area contributed by atoms with E-state index in [0.717, 1.165) is 11.0 Å². The van der Waals surface area contributed by atoms with Crippen LogP contribution in [-0.2, 0) is 0 Å². The summed E-state index contributed by atoms with van der Waals surface area (Å²) in [6.45, 7) is 0. The molecule has 0 atom stereocenters. The fourth-order valence-electron chi connectivity index (χ4n) is 1.88. The van der Waals surface area contributed by atoms with Crippen LogP contribution in [0.1, 0.15) is 10.5 Å². The van der Waals surface area contributed by atoms with Gasteiger partial charge in [-0.3, -0.25) is 4.79 Å². The number of methoxy groups -OCH3 is 1. The number of benzene rings is 1. The van der Waals surface area contributed by atoms with E-state index in [2.05, 4.69) is 4.98 Å². The first kappa shape index (κ1) is 9.84. The monoisotopic (exact) mass is 227 g/mol. The minimum absolute atomic E-state index is 0.334. The summed E-state index contributed by atoms with van der Waals surface area (Å²) < 4.78 is 10.9. The van der Waals surface area contributed by atoms with Gasteiger partial charge in [0.05, 0.1) is 7.11 Å². The SMILES string of the molecule is COc1cc(C=O)nc2c1oc1ccccc12. The Bertz CT molecular complexity index is 715. The van der Waals surface area contributed by atoms with Crippen molar-refractivity contribution < 1.29 is 13.9 Å². The van der Waals surface area contributed by atoms with Gasteiger partial charge in [-0.1, -0.05) is 12.1 Å². The number of aromatic nitrogens is 1. The minimum Gasteiger partial charge on any atom is -0.493 e. The Hall–Kier alpha value is -2.36. The molecule has 4 heteroatoms. The summed E-state index contributed by atoms with van der Waals surface area (Å²) in [6.07, 6.45) is 0.698. The molecule has 4 nitrogen and oxygen atoms in total. The number of furan rings is 1. The van der Waals surface area contributed by atoms with Gasteiger partial charge in [0.15, 0.2) is 17.6 Å². The van der Waals surface area contributed by atoms with E-state index in [1.165, 1.54) is 7.11 Å². The van der Waals surface area contributed by atoms with Crippen molar-refractivity contribution in [2.45, 2.75) is 0 Å². The second-order valence-electron chi connectivity index (χ2n) is 3.64. The third kappa shape index (κ3) is 1.38. The molecule has 0 amide bonds. The third-order valence-corrected chi connectivity index (χ3v) is 2.65. The maximum absolute atomic E-state index is 10.8.